The van der Waals surface area contributed by atoms with Gasteiger partial charge >= 0.3 is 6.03 Å². The first kappa shape index (κ1) is 27.9. The maximum atomic E-state index is 12.7. The number of anilines is 3. The van der Waals surface area contributed by atoms with Gasteiger partial charge in [-0.3, -0.25) is 4.90 Å². The van der Waals surface area contributed by atoms with E-state index in [-0.39, 0.29) is 6.03 Å². The highest BCUT2D eigenvalue weighted by atomic mass is 16.5. The first-order valence-corrected chi connectivity index (χ1v) is 14.3. The summed E-state index contributed by atoms with van der Waals surface area (Å²) >= 11 is 0. The maximum absolute atomic E-state index is 12.7. The van der Waals surface area contributed by atoms with E-state index in [1.165, 1.54) is 5.56 Å². The third kappa shape index (κ3) is 7.74. The number of nitrogens with one attached hydrogen (secondary N) is 2. The largest absolute Gasteiger partial charge is 0.378 e. The molecule has 2 aliphatic rings. The minimum Gasteiger partial charge on any atom is -0.378 e. The number of piperazine rings is 1. The number of aromatic nitrogens is 3. The van der Waals surface area contributed by atoms with Crippen molar-refractivity contribution in [1.29, 1.82) is 0 Å². The fraction of sp³-hybridized carbons (Fsp3) is 0.467. The minimum absolute atomic E-state index is 0.281. The van der Waals surface area contributed by atoms with E-state index in [0.29, 0.717) is 30.7 Å². The van der Waals surface area contributed by atoms with Crippen molar-refractivity contribution < 1.29 is 9.53 Å². The van der Waals surface area contributed by atoms with Gasteiger partial charge in [-0.2, -0.15) is 9.97 Å². The molecule has 2 N–H and O–H groups in total. The molecular weight excluding hydrogens is 504 g/mol. The van der Waals surface area contributed by atoms with Gasteiger partial charge in [0, 0.05) is 69.2 Å². The van der Waals surface area contributed by atoms with E-state index in [9.17, 15) is 4.79 Å². The van der Waals surface area contributed by atoms with Crippen molar-refractivity contribution in [3.05, 3.63) is 59.9 Å². The molecule has 2 aliphatic heterocycles. The molecule has 0 unspecified atom stereocenters. The van der Waals surface area contributed by atoms with Gasteiger partial charge in [-0.25, -0.2) is 9.78 Å². The van der Waals surface area contributed by atoms with Crippen molar-refractivity contribution >= 4 is 23.4 Å². The predicted octanol–water partition coefficient (Wildman–Crippen LogP) is 4.11. The van der Waals surface area contributed by atoms with Crippen LogP contribution in [0, 0.1) is 0 Å². The van der Waals surface area contributed by atoms with Crippen LogP contribution in [0.25, 0.3) is 11.4 Å². The number of nitrogens with zero attached hydrogens (tertiary/aromatic N) is 6. The normalized spacial score (nSPS) is 16.6. The average Bonchev–Trinajstić information content (AvgIpc) is 2.99. The molecule has 3 aromatic rings. The van der Waals surface area contributed by atoms with Gasteiger partial charge in [0.25, 0.3) is 0 Å². The van der Waals surface area contributed by atoms with Crippen LogP contribution in [0.4, 0.5) is 22.1 Å². The lowest BCUT2D eigenvalue weighted by molar-refractivity contribution is 0.122. The van der Waals surface area contributed by atoms with Gasteiger partial charge < -0.3 is 25.2 Å². The summed E-state index contributed by atoms with van der Waals surface area (Å²) in [6, 6.07) is 15.4. The van der Waals surface area contributed by atoms with E-state index < -0.39 is 0 Å². The molecule has 212 valence electrons. The third-order valence-corrected chi connectivity index (χ3v) is 7.33. The summed E-state index contributed by atoms with van der Waals surface area (Å²) in [6.45, 7) is 10.4. The van der Waals surface area contributed by atoms with Crippen LogP contribution in [0.5, 0.6) is 0 Å². The Hall–Kier alpha value is -3.60. The van der Waals surface area contributed by atoms with Crippen molar-refractivity contribution in [3.63, 3.8) is 0 Å². The van der Waals surface area contributed by atoms with Gasteiger partial charge in [0.1, 0.15) is 5.82 Å². The van der Waals surface area contributed by atoms with Gasteiger partial charge in [-0.05, 0) is 55.4 Å². The average molecular weight is 545 g/mol. The molecule has 2 saturated heterocycles. The number of benzene rings is 2. The predicted molar refractivity (Wildman–Crippen MR) is 159 cm³/mol. The topological polar surface area (TPSA) is 98.8 Å². The van der Waals surface area contributed by atoms with E-state index in [1.807, 2.05) is 36.4 Å². The van der Waals surface area contributed by atoms with E-state index in [2.05, 4.69) is 51.4 Å². The van der Waals surface area contributed by atoms with Gasteiger partial charge in [-0.1, -0.05) is 25.5 Å². The highest BCUT2D eigenvalue weighted by Crippen LogP contribution is 2.22. The molecule has 1 aromatic heterocycles. The van der Waals surface area contributed by atoms with Crippen LogP contribution in [-0.2, 0) is 17.7 Å². The second-order valence-corrected chi connectivity index (χ2v) is 10.5. The molecule has 2 amide bonds. The number of ether oxygens (including phenoxy) is 1. The number of amides is 2. The fourth-order valence-electron chi connectivity index (χ4n) is 4.84. The molecule has 0 bridgehead atoms. The van der Waals surface area contributed by atoms with Gasteiger partial charge in [0.2, 0.25) is 5.95 Å². The highest BCUT2D eigenvalue weighted by molar-refractivity contribution is 5.99. The van der Waals surface area contributed by atoms with Crippen molar-refractivity contribution in [2.24, 2.45) is 0 Å². The highest BCUT2D eigenvalue weighted by Gasteiger charge is 2.18. The number of hydrogen-bond donors (Lipinski definition) is 2. The van der Waals surface area contributed by atoms with Crippen molar-refractivity contribution in [1.82, 2.24) is 24.8 Å². The Morgan fingerprint density at radius 2 is 1.50 bits per heavy atom. The number of hydrogen-bond acceptors (Lipinski definition) is 8. The Morgan fingerprint density at radius 1 is 0.850 bits per heavy atom. The van der Waals surface area contributed by atoms with Crippen molar-refractivity contribution in [2.75, 3.05) is 75.1 Å². The molecule has 0 atom stereocenters. The monoisotopic (exact) mass is 544 g/mol. The van der Waals surface area contributed by atoms with E-state index in [0.717, 1.165) is 82.2 Å². The molecule has 0 saturated carbocycles. The van der Waals surface area contributed by atoms with E-state index >= 15 is 0 Å². The number of carbonyl (C=O) groups is 1. The van der Waals surface area contributed by atoms with Crippen LogP contribution in [0.15, 0.2) is 48.5 Å². The number of urea groups is 1. The molecule has 40 heavy (non-hydrogen) atoms. The molecular formula is C30H40N8O2. The third-order valence-electron chi connectivity index (χ3n) is 7.33. The van der Waals surface area contributed by atoms with E-state index in [1.54, 1.807) is 0 Å². The molecule has 0 spiro atoms. The van der Waals surface area contributed by atoms with Crippen molar-refractivity contribution in [3.8, 4) is 11.4 Å². The number of carbonyl (C=O) groups excluding carboxylic acids is 1. The summed E-state index contributed by atoms with van der Waals surface area (Å²) in [4.78, 5) is 33.9. The van der Waals surface area contributed by atoms with Crippen molar-refractivity contribution in [2.45, 2.75) is 32.7 Å². The molecule has 10 nitrogen and oxygen atoms in total. The Morgan fingerprint density at radius 3 is 2.15 bits per heavy atom. The molecule has 2 aromatic carbocycles. The Kier molecular flexibility index (Phi) is 9.54. The summed E-state index contributed by atoms with van der Waals surface area (Å²) in [6.07, 6.45) is 2.93. The maximum Gasteiger partial charge on any atom is 0.323 e. The second-order valence-electron chi connectivity index (χ2n) is 10.5. The Bertz CT molecular complexity index is 1240. The SMILES string of the molecule is CCCCc1nc(-c2ccc(NC(=O)Nc3ccc(CN4CCN(C)CC4)cc3)cc2)nc(N2CCOCC2)n1. The minimum atomic E-state index is -0.281. The van der Waals surface area contributed by atoms with Gasteiger partial charge in [0.05, 0.1) is 13.2 Å². The quantitative estimate of drug-likeness (QED) is 0.415. The molecule has 0 aliphatic carbocycles. The molecule has 5 rings (SSSR count). The fourth-order valence-corrected chi connectivity index (χ4v) is 4.84. The lowest BCUT2D eigenvalue weighted by atomic mass is 10.2. The molecule has 10 heteroatoms. The summed E-state index contributed by atoms with van der Waals surface area (Å²) in [7, 11) is 2.17. The second kappa shape index (κ2) is 13.6. The molecule has 3 heterocycles. The Balaban J connectivity index is 1.19. The number of likely N-dealkylation sites (N-methyl/N-ethyl adjacent to an activating group) is 1. The standard InChI is InChI=1S/C30H40N8O2/c1-3-4-5-27-33-28(35-29(34-27)38-18-20-40-21-19-38)24-8-12-26(13-9-24)32-30(39)31-25-10-6-23(7-11-25)22-37-16-14-36(2)15-17-37/h6-13H,3-5,14-22H2,1-2H3,(H2,31,32,39). The number of aryl methyl sites for hydroxylation is 1. The lowest BCUT2D eigenvalue weighted by Crippen LogP contribution is -2.43. The summed E-state index contributed by atoms with van der Waals surface area (Å²) < 4.78 is 5.49. The first-order chi connectivity index (χ1) is 19.6. The van der Waals surface area contributed by atoms with Crippen LogP contribution in [0.1, 0.15) is 31.2 Å². The van der Waals surface area contributed by atoms with Crippen LogP contribution in [0.2, 0.25) is 0 Å². The number of rotatable bonds is 9. The summed E-state index contributed by atoms with van der Waals surface area (Å²) in [5, 5.41) is 5.84. The molecule has 0 radical (unpaired) electrons. The summed E-state index contributed by atoms with van der Waals surface area (Å²) in [5.41, 5.74) is 3.59. The van der Waals surface area contributed by atoms with Crippen LogP contribution < -0.4 is 15.5 Å². The number of morpholine rings is 1. The molecule has 2 fully saturated rings. The van der Waals surface area contributed by atoms with Crippen LogP contribution >= 0.6 is 0 Å². The Labute approximate surface area is 236 Å². The van der Waals surface area contributed by atoms with Gasteiger partial charge in [-0.15, -0.1) is 0 Å². The summed E-state index contributed by atoms with van der Waals surface area (Å²) in [5.74, 6) is 2.16. The smallest absolute Gasteiger partial charge is 0.323 e. The van der Waals surface area contributed by atoms with Crippen LogP contribution in [0.3, 0.4) is 0 Å². The number of unbranched alkanes of at least 4 members (excludes halogenated alkanes) is 1. The van der Waals surface area contributed by atoms with Gasteiger partial charge in [0.15, 0.2) is 5.82 Å². The zero-order chi connectivity index (χ0) is 27.7. The van der Waals surface area contributed by atoms with Crippen LogP contribution in [-0.4, -0.2) is 90.3 Å². The van der Waals surface area contributed by atoms with E-state index in [4.69, 9.17) is 19.7 Å². The lowest BCUT2D eigenvalue weighted by Gasteiger charge is -2.32. The first-order valence-electron chi connectivity index (χ1n) is 14.3. The zero-order valence-electron chi connectivity index (χ0n) is 23.6. The zero-order valence-corrected chi connectivity index (χ0v) is 23.6.